The van der Waals surface area contributed by atoms with Crippen LogP contribution in [0.1, 0.15) is 6.42 Å². The van der Waals surface area contributed by atoms with Gasteiger partial charge in [-0.2, -0.15) is 0 Å². The van der Waals surface area contributed by atoms with Crippen molar-refractivity contribution in [3.05, 3.63) is 28.2 Å². The zero-order valence-corrected chi connectivity index (χ0v) is 15.0. The summed E-state index contributed by atoms with van der Waals surface area (Å²) in [4.78, 5) is 3.28. The highest BCUT2D eigenvalue weighted by Crippen LogP contribution is 2.24. The van der Waals surface area contributed by atoms with Gasteiger partial charge in [0.1, 0.15) is 26.2 Å². The maximum atomic E-state index is 12.2. The Balaban J connectivity index is 1.79. The Bertz CT molecular complexity index is 602. The van der Waals surface area contributed by atoms with Crippen molar-refractivity contribution in [2.75, 3.05) is 46.3 Å². The van der Waals surface area contributed by atoms with Crippen LogP contribution in [0, 0.1) is 0 Å². The molecule has 1 aromatic rings. The third-order valence-corrected chi connectivity index (χ3v) is 6.21. The fourth-order valence-electron chi connectivity index (χ4n) is 2.55. The molecule has 1 saturated heterocycles. The standard InChI is InChI=1S/C14H21Cl2N3O2S/c1-18-7-9-19(10-8-18)6-2-5-17-22(20,21)12-3-4-13(15)14(16)11-12/h3-4,11,17H,2,5-10H2,1H3/p+2. The molecule has 0 spiro atoms. The fraction of sp³-hybridized carbons (Fsp3) is 0.571. The molecule has 1 aromatic carbocycles. The summed E-state index contributed by atoms with van der Waals surface area (Å²) in [5.74, 6) is 0. The maximum Gasteiger partial charge on any atom is 0.240 e. The Labute approximate surface area is 142 Å². The average Bonchev–Trinajstić information content (AvgIpc) is 2.48. The van der Waals surface area contributed by atoms with Crippen molar-refractivity contribution in [1.29, 1.82) is 0 Å². The maximum absolute atomic E-state index is 12.2. The van der Waals surface area contributed by atoms with Crippen LogP contribution in [-0.2, 0) is 10.0 Å². The minimum atomic E-state index is -3.52. The first kappa shape index (κ1) is 18.0. The van der Waals surface area contributed by atoms with E-state index in [9.17, 15) is 8.42 Å². The molecule has 1 fully saturated rings. The molecule has 22 heavy (non-hydrogen) atoms. The van der Waals surface area contributed by atoms with Crippen molar-refractivity contribution in [2.45, 2.75) is 11.3 Å². The zero-order chi connectivity index (χ0) is 16.2. The lowest BCUT2D eigenvalue weighted by atomic mass is 10.3. The van der Waals surface area contributed by atoms with Crippen LogP contribution in [0.25, 0.3) is 0 Å². The minimum absolute atomic E-state index is 0.150. The van der Waals surface area contributed by atoms with Gasteiger partial charge in [0.2, 0.25) is 10.0 Å². The third-order valence-electron chi connectivity index (χ3n) is 4.01. The number of quaternary nitrogens is 2. The van der Waals surface area contributed by atoms with Gasteiger partial charge in [-0.05, 0) is 18.2 Å². The van der Waals surface area contributed by atoms with Crippen LogP contribution in [0.4, 0.5) is 0 Å². The van der Waals surface area contributed by atoms with E-state index in [1.807, 2.05) is 0 Å². The van der Waals surface area contributed by atoms with Crippen molar-refractivity contribution in [2.24, 2.45) is 0 Å². The Kier molecular flexibility index (Phi) is 6.49. The quantitative estimate of drug-likeness (QED) is 0.569. The van der Waals surface area contributed by atoms with Crippen LogP contribution < -0.4 is 14.5 Å². The van der Waals surface area contributed by atoms with Crippen LogP contribution >= 0.6 is 23.2 Å². The second kappa shape index (κ2) is 7.95. The molecule has 0 atom stereocenters. The highest BCUT2D eigenvalue weighted by Gasteiger charge is 2.20. The molecule has 0 aromatic heterocycles. The van der Waals surface area contributed by atoms with E-state index in [1.54, 1.807) is 9.80 Å². The molecule has 0 radical (unpaired) electrons. The van der Waals surface area contributed by atoms with Crippen molar-refractivity contribution in [3.63, 3.8) is 0 Å². The molecule has 3 N–H and O–H groups in total. The Hall–Kier alpha value is -0.370. The molecule has 0 bridgehead atoms. The number of rotatable bonds is 6. The Morgan fingerprint density at radius 1 is 1.14 bits per heavy atom. The summed E-state index contributed by atoms with van der Waals surface area (Å²) in [6.07, 6.45) is 0.828. The SMILES string of the molecule is C[NH+]1CC[NH+](CCCNS(=O)(=O)c2ccc(Cl)c(Cl)c2)CC1. The van der Waals surface area contributed by atoms with Crippen LogP contribution in [0.5, 0.6) is 0 Å². The number of hydrogen-bond acceptors (Lipinski definition) is 2. The normalized spacial score (nSPS) is 22.7. The van der Waals surface area contributed by atoms with E-state index in [1.165, 1.54) is 31.3 Å². The first-order chi connectivity index (χ1) is 10.4. The van der Waals surface area contributed by atoms with Gasteiger partial charge in [0.05, 0.1) is 28.5 Å². The van der Waals surface area contributed by atoms with E-state index >= 15 is 0 Å². The molecule has 0 saturated carbocycles. The summed E-state index contributed by atoms with van der Waals surface area (Å²) < 4.78 is 27.0. The van der Waals surface area contributed by atoms with Gasteiger partial charge in [-0.3, -0.25) is 0 Å². The molecular formula is C14H23Cl2N3O2S+2. The van der Waals surface area contributed by atoms with E-state index < -0.39 is 10.0 Å². The van der Waals surface area contributed by atoms with Gasteiger partial charge in [-0.25, -0.2) is 13.1 Å². The van der Waals surface area contributed by atoms with Crippen molar-refractivity contribution < 1.29 is 18.2 Å². The molecule has 1 aliphatic heterocycles. The molecule has 0 amide bonds. The van der Waals surface area contributed by atoms with Crippen molar-refractivity contribution in [3.8, 4) is 0 Å². The smallest absolute Gasteiger partial charge is 0.240 e. The zero-order valence-electron chi connectivity index (χ0n) is 12.7. The summed E-state index contributed by atoms with van der Waals surface area (Å²) in [6.45, 7) is 6.12. The van der Waals surface area contributed by atoms with Crippen molar-refractivity contribution >= 4 is 33.2 Å². The fourth-order valence-corrected chi connectivity index (χ4v) is 4.02. The number of nitrogens with one attached hydrogen (secondary N) is 3. The van der Waals surface area contributed by atoms with Gasteiger partial charge in [-0.15, -0.1) is 0 Å². The lowest BCUT2D eigenvalue weighted by Crippen LogP contribution is -3.27. The van der Waals surface area contributed by atoms with Gasteiger partial charge in [0, 0.05) is 13.0 Å². The Morgan fingerprint density at radius 3 is 2.45 bits per heavy atom. The van der Waals surface area contributed by atoms with Crippen LogP contribution in [0.15, 0.2) is 23.1 Å². The topological polar surface area (TPSA) is 55.1 Å². The largest absolute Gasteiger partial charge is 0.328 e. The number of hydrogen-bond donors (Lipinski definition) is 3. The summed E-state index contributed by atoms with van der Waals surface area (Å²) in [6, 6.07) is 4.33. The van der Waals surface area contributed by atoms with Crippen molar-refractivity contribution in [1.82, 2.24) is 4.72 Å². The minimum Gasteiger partial charge on any atom is -0.328 e. The van der Waals surface area contributed by atoms with Gasteiger partial charge in [0.15, 0.2) is 0 Å². The van der Waals surface area contributed by atoms with E-state index in [0.29, 0.717) is 11.6 Å². The predicted molar refractivity (Wildman–Crippen MR) is 88.5 cm³/mol. The molecule has 1 aliphatic rings. The van der Waals surface area contributed by atoms with Gasteiger partial charge < -0.3 is 9.80 Å². The molecule has 2 rings (SSSR count). The van der Waals surface area contributed by atoms with E-state index in [-0.39, 0.29) is 9.92 Å². The second-order valence-corrected chi connectivity index (χ2v) is 8.37. The average molecular weight is 368 g/mol. The first-order valence-electron chi connectivity index (χ1n) is 7.48. The molecule has 0 aliphatic carbocycles. The monoisotopic (exact) mass is 367 g/mol. The van der Waals surface area contributed by atoms with Gasteiger partial charge in [0.25, 0.3) is 0 Å². The lowest BCUT2D eigenvalue weighted by Gasteiger charge is -2.27. The second-order valence-electron chi connectivity index (χ2n) is 5.78. The van der Waals surface area contributed by atoms with Crippen LogP contribution in [0.3, 0.4) is 0 Å². The van der Waals surface area contributed by atoms with E-state index in [2.05, 4.69) is 11.8 Å². The molecule has 1 heterocycles. The number of likely N-dealkylation sites (N-methyl/N-ethyl adjacent to an activating group) is 1. The predicted octanol–water partition coefficient (Wildman–Crippen LogP) is -0.925. The number of benzene rings is 1. The highest BCUT2D eigenvalue weighted by atomic mass is 35.5. The molecule has 5 nitrogen and oxygen atoms in total. The van der Waals surface area contributed by atoms with Crippen LogP contribution in [0.2, 0.25) is 10.0 Å². The number of halogens is 2. The molecule has 124 valence electrons. The number of sulfonamides is 1. The van der Waals surface area contributed by atoms with Gasteiger partial charge >= 0.3 is 0 Å². The number of piperazine rings is 1. The molecule has 8 heteroatoms. The van der Waals surface area contributed by atoms with E-state index in [4.69, 9.17) is 23.2 Å². The third kappa shape index (κ3) is 5.08. The van der Waals surface area contributed by atoms with Gasteiger partial charge in [-0.1, -0.05) is 23.2 Å². The summed E-state index contributed by atoms with van der Waals surface area (Å²) in [5, 5.41) is 0.593. The molecular weight excluding hydrogens is 345 g/mol. The Morgan fingerprint density at radius 2 is 1.82 bits per heavy atom. The highest BCUT2D eigenvalue weighted by molar-refractivity contribution is 7.89. The summed E-state index contributed by atoms with van der Waals surface area (Å²) in [5.41, 5.74) is 0. The lowest BCUT2D eigenvalue weighted by molar-refractivity contribution is -1.00. The summed E-state index contributed by atoms with van der Waals surface area (Å²) in [7, 11) is -1.31. The van der Waals surface area contributed by atoms with Crippen LogP contribution in [-0.4, -0.2) is 54.7 Å². The molecule has 0 unspecified atom stereocenters. The van der Waals surface area contributed by atoms with E-state index in [0.717, 1.165) is 26.1 Å². The first-order valence-corrected chi connectivity index (χ1v) is 9.72. The summed E-state index contributed by atoms with van der Waals surface area (Å²) >= 11 is 11.7.